The van der Waals surface area contributed by atoms with Gasteiger partial charge in [0, 0.05) is 41.0 Å². The van der Waals surface area contributed by atoms with Crippen LogP contribution in [0.15, 0.2) is 24.3 Å². The zero-order chi connectivity index (χ0) is 14.3. The van der Waals surface area contributed by atoms with Gasteiger partial charge in [-0.25, -0.2) is 0 Å². The van der Waals surface area contributed by atoms with E-state index in [0.29, 0.717) is 19.4 Å². The second-order valence-corrected chi connectivity index (χ2v) is 6.45. The monoisotopic (exact) mass is 282 g/mol. The standard InChI is InChI=1S/C14H22N2O2S/c1-11(19(2)18)9-10-16-14(17)8-7-12-5-3-4-6-13(12)15/h3-6,11H,7-10,15H2,1-2H3,(H,16,17). The van der Waals surface area contributed by atoms with Crippen molar-refractivity contribution in [3.8, 4) is 0 Å². The SMILES string of the molecule is CC(CCNC(=O)CCc1ccccc1N)S(C)=O. The van der Waals surface area contributed by atoms with Gasteiger partial charge < -0.3 is 11.1 Å². The van der Waals surface area contributed by atoms with Gasteiger partial charge in [0.1, 0.15) is 0 Å². The molecule has 0 aliphatic heterocycles. The molecule has 3 N–H and O–H groups in total. The third-order valence-corrected chi connectivity index (χ3v) is 4.49. The summed E-state index contributed by atoms with van der Waals surface area (Å²) >= 11 is 0. The van der Waals surface area contributed by atoms with E-state index in [4.69, 9.17) is 5.73 Å². The summed E-state index contributed by atoms with van der Waals surface area (Å²) in [4.78, 5) is 11.7. The fourth-order valence-corrected chi connectivity index (χ4v) is 2.13. The van der Waals surface area contributed by atoms with Crippen LogP contribution in [0.25, 0.3) is 0 Å². The van der Waals surface area contributed by atoms with Crippen LogP contribution in [-0.2, 0) is 22.0 Å². The van der Waals surface area contributed by atoms with Gasteiger partial charge in [0.05, 0.1) is 0 Å². The van der Waals surface area contributed by atoms with Crippen molar-refractivity contribution in [2.75, 3.05) is 18.5 Å². The number of carbonyl (C=O) groups excluding carboxylic acids is 1. The summed E-state index contributed by atoms with van der Waals surface area (Å²) in [5.41, 5.74) is 7.54. The first kappa shape index (κ1) is 15.7. The predicted molar refractivity (Wildman–Crippen MR) is 80.3 cm³/mol. The maximum absolute atomic E-state index is 11.7. The number of hydrogen-bond acceptors (Lipinski definition) is 3. The van der Waals surface area contributed by atoms with Crippen molar-refractivity contribution >= 4 is 22.4 Å². The van der Waals surface area contributed by atoms with Crippen LogP contribution in [0.4, 0.5) is 5.69 Å². The quantitative estimate of drug-likeness (QED) is 0.744. The lowest BCUT2D eigenvalue weighted by Crippen LogP contribution is -2.27. The van der Waals surface area contributed by atoms with Crippen LogP contribution in [0.2, 0.25) is 0 Å². The Balaban J connectivity index is 2.25. The minimum Gasteiger partial charge on any atom is -0.399 e. The first-order chi connectivity index (χ1) is 9.00. The van der Waals surface area contributed by atoms with Crippen LogP contribution >= 0.6 is 0 Å². The molecule has 0 aromatic heterocycles. The fraction of sp³-hybridized carbons (Fsp3) is 0.500. The van der Waals surface area contributed by atoms with Gasteiger partial charge in [-0.05, 0) is 24.5 Å². The summed E-state index contributed by atoms with van der Waals surface area (Å²) in [6.45, 7) is 2.50. The summed E-state index contributed by atoms with van der Waals surface area (Å²) in [6, 6.07) is 7.57. The van der Waals surface area contributed by atoms with Crippen molar-refractivity contribution in [2.24, 2.45) is 0 Å². The molecule has 4 nitrogen and oxygen atoms in total. The van der Waals surface area contributed by atoms with Crippen LogP contribution in [0.5, 0.6) is 0 Å². The van der Waals surface area contributed by atoms with E-state index >= 15 is 0 Å². The molecule has 0 fully saturated rings. The van der Waals surface area contributed by atoms with Gasteiger partial charge in [-0.1, -0.05) is 25.1 Å². The summed E-state index contributed by atoms with van der Waals surface area (Å²) in [5, 5.41) is 2.96. The predicted octanol–water partition coefficient (Wildman–Crippen LogP) is 1.47. The topological polar surface area (TPSA) is 72.2 Å². The minimum atomic E-state index is -0.829. The molecular formula is C14H22N2O2S. The van der Waals surface area contributed by atoms with Crippen LogP contribution < -0.4 is 11.1 Å². The van der Waals surface area contributed by atoms with Crippen LogP contribution in [-0.4, -0.2) is 28.2 Å². The molecule has 1 aromatic carbocycles. The number of nitrogens with two attached hydrogens (primary N) is 1. The number of nitrogen functional groups attached to an aromatic ring is 1. The van der Waals surface area contributed by atoms with E-state index in [1.807, 2.05) is 31.2 Å². The van der Waals surface area contributed by atoms with E-state index < -0.39 is 10.8 Å². The van der Waals surface area contributed by atoms with E-state index in [1.165, 1.54) is 0 Å². The molecule has 0 saturated carbocycles. The van der Waals surface area contributed by atoms with Gasteiger partial charge >= 0.3 is 0 Å². The van der Waals surface area contributed by atoms with Gasteiger partial charge in [0.2, 0.25) is 5.91 Å². The maximum atomic E-state index is 11.7. The average Bonchev–Trinajstić information content (AvgIpc) is 2.37. The molecule has 2 atom stereocenters. The molecule has 0 radical (unpaired) electrons. The van der Waals surface area contributed by atoms with E-state index in [2.05, 4.69) is 5.32 Å². The number of aryl methyl sites for hydroxylation is 1. The molecule has 1 rings (SSSR count). The van der Waals surface area contributed by atoms with Crippen molar-refractivity contribution < 1.29 is 9.00 Å². The molecule has 1 amide bonds. The molecule has 0 aliphatic rings. The molecule has 0 saturated heterocycles. The largest absolute Gasteiger partial charge is 0.399 e. The first-order valence-corrected chi connectivity index (χ1v) is 8.05. The third-order valence-electron chi connectivity index (χ3n) is 3.12. The van der Waals surface area contributed by atoms with Crippen LogP contribution in [0.1, 0.15) is 25.3 Å². The number of carbonyl (C=O) groups is 1. The van der Waals surface area contributed by atoms with Crippen molar-refractivity contribution in [3.63, 3.8) is 0 Å². The number of anilines is 1. The fourth-order valence-electron chi connectivity index (χ4n) is 1.68. The minimum absolute atomic E-state index is 0.0114. The third kappa shape index (κ3) is 5.87. The Kier molecular flexibility index (Phi) is 6.56. The Hall–Kier alpha value is -1.36. The number of hydrogen-bond donors (Lipinski definition) is 2. The number of amides is 1. The molecule has 0 bridgehead atoms. The van der Waals surface area contributed by atoms with E-state index in [0.717, 1.165) is 17.7 Å². The van der Waals surface area contributed by atoms with Crippen LogP contribution in [0, 0.1) is 0 Å². The number of nitrogens with one attached hydrogen (secondary N) is 1. The van der Waals surface area contributed by atoms with E-state index in [1.54, 1.807) is 6.26 Å². The molecule has 5 heteroatoms. The highest BCUT2D eigenvalue weighted by atomic mass is 32.2. The zero-order valence-electron chi connectivity index (χ0n) is 11.5. The summed E-state index contributed by atoms with van der Waals surface area (Å²) in [7, 11) is -0.829. The van der Waals surface area contributed by atoms with Crippen molar-refractivity contribution in [2.45, 2.75) is 31.4 Å². The molecule has 2 unspecified atom stereocenters. The first-order valence-electron chi connectivity index (χ1n) is 6.43. The number of benzene rings is 1. The zero-order valence-corrected chi connectivity index (χ0v) is 12.3. The van der Waals surface area contributed by atoms with Crippen molar-refractivity contribution in [1.82, 2.24) is 5.32 Å². The molecule has 0 heterocycles. The summed E-state index contributed by atoms with van der Waals surface area (Å²) in [6.07, 6.45) is 3.50. The summed E-state index contributed by atoms with van der Waals surface area (Å²) in [5.74, 6) is 0.0114. The summed E-state index contributed by atoms with van der Waals surface area (Å²) < 4.78 is 11.2. The van der Waals surface area contributed by atoms with Gasteiger partial charge in [-0.2, -0.15) is 0 Å². The number of para-hydroxylation sites is 1. The lowest BCUT2D eigenvalue weighted by molar-refractivity contribution is -0.121. The Morgan fingerprint density at radius 2 is 2.11 bits per heavy atom. The van der Waals surface area contributed by atoms with Gasteiger partial charge in [-0.3, -0.25) is 9.00 Å². The lowest BCUT2D eigenvalue weighted by atomic mass is 10.1. The second-order valence-electron chi connectivity index (χ2n) is 4.65. The Labute approximate surface area is 117 Å². The molecular weight excluding hydrogens is 260 g/mol. The highest BCUT2D eigenvalue weighted by molar-refractivity contribution is 7.84. The Bertz CT molecular complexity index is 449. The molecule has 19 heavy (non-hydrogen) atoms. The smallest absolute Gasteiger partial charge is 0.220 e. The molecule has 0 spiro atoms. The normalized spacial score (nSPS) is 13.8. The lowest BCUT2D eigenvalue weighted by Gasteiger charge is -2.09. The molecule has 0 aliphatic carbocycles. The van der Waals surface area contributed by atoms with Crippen LogP contribution in [0.3, 0.4) is 0 Å². The highest BCUT2D eigenvalue weighted by Crippen LogP contribution is 2.12. The van der Waals surface area contributed by atoms with E-state index in [9.17, 15) is 9.00 Å². The Morgan fingerprint density at radius 1 is 1.42 bits per heavy atom. The molecule has 106 valence electrons. The second kappa shape index (κ2) is 7.94. The number of rotatable bonds is 7. The van der Waals surface area contributed by atoms with Gasteiger partial charge in [0.15, 0.2) is 0 Å². The highest BCUT2D eigenvalue weighted by Gasteiger charge is 2.07. The van der Waals surface area contributed by atoms with Gasteiger partial charge in [-0.15, -0.1) is 0 Å². The average molecular weight is 282 g/mol. The van der Waals surface area contributed by atoms with Crippen molar-refractivity contribution in [1.29, 1.82) is 0 Å². The maximum Gasteiger partial charge on any atom is 0.220 e. The Morgan fingerprint density at radius 3 is 2.74 bits per heavy atom. The van der Waals surface area contributed by atoms with Gasteiger partial charge in [0.25, 0.3) is 0 Å². The van der Waals surface area contributed by atoms with E-state index in [-0.39, 0.29) is 11.2 Å². The van der Waals surface area contributed by atoms with Crippen molar-refractivity contribution in [3.05, 3.63) is 29.8 Å². The molecule has 1 aromatic rings.